The van der Waals surface area contributed by atoms with E-state index >= 15 is 0 Å². The Labute approximate surface area is 66.4 Å². The summed E-state index contributed by atoms with van der Waals surface area (Å²) >= 11 is -1.66. The minimum atomic E-state index is -1.66. The van der Waals surface area contributed by atoms with E-state index in [0.29, 0.717) is 18.5 Å². The first-order valence-electron chi connectivity index (χ1n) is 3.43. The largest absolute Gasteiger partial charge is 0.683 e. The third-order valence-corrected chi connectivity index (χ3v) is 2.87. The first-order chi connectivity index (χ1) is 4.85. The molecule has 0 unspecified atom stereocenters. The van der Waals surface area contributed by atoms with Crippen molar-refractivity contribution in [1.82, 2.24) is 0 Å². The summed E-state index contributed by atoms with van der Waals surface area (Å²) in [6.07, 6.45) is 1.80. The van der Waals surface area contributed by atoms with Crippen molar-refractivity contribution in [2.45, 2.75) is 19.1 Å². The fourth-order valence-corrected chi connectivity index (χ4v) is 1.82. The molecule has 57 valence electrons. The molecule has 0 amide bonds. The fourth-order valence-electron chi connectivity index (χ4n) is 0.606. The zero-order valence-electron chi connectivity index (χ0n) is 6.42. The van der Waals surface area contributed by atoms with Crippen molar-refractivity contribution in [2.24, 2.45) is 0 Å². The van der Waals surface area contributed by atoms with Gasteiger partial charge in [-0.05, 0) is 13.8 Å². The SMILES string of the molecule is CC[O][Al]([CH2][C]=O)[O]CC. The Morgan fingerprint density at radius 3 is 2.10 bits per heavy atom. The molecule has 0 saturated carbocycles. The van der Waals surface area contributed by atoms with Gasteiger partial charge in [-0.2, -0.15) is 0 Å². The Kier molecular flexibility index (Phi) is 7.32. The zero-order chi connectivity index (χ0) is 7.82. The molecule has 0 N–H and O–H groups in total. The van der Waals surface area contributed by atoms with E-state index in [1.807, 2.05) is 13.8 Å². The lowest BCUT2D eigenvalue weighted by Crippen LogP contribution is -2.22. The molecule has 0 aromatic heterocycles. The summed E-state index contributed by atoms with van der Waals surface area (Å²) in [7, 11) is 0. The van der Waals surface area contributed by atoms with Crippen LogP contribution in [-0.2, 0) is 12.4 Å². The van der Waals surface area contributed by atoms with E-state index in [9.17, 15) is 4.79 Å². The molecule has 3 nitrogen and oxygen atoms in total. The van der Waals surface area contributed by atoms with E-state index in [-0.39, 0.29) is 0 Å². The molecule has 0 aliphatic heterocycles. The zero-order valence-corrected chi connectivity index (χ0v) is 7.58. The lowest BCUT2D eigenvalue weighted by atomic mass is 10.9. The Morgan fingerprint density at radius 1 is 1.30 bits per heavy atom. The van der Waals surface area contributed by atoms with Gasteiger partial charge in [0.2, 0.25) is 0 Å². The van der Waals surface area contributed by atoms with E-state index in [1.54, 1.807) is 6.29 Å². The lowest BCUT2D eigenvalue weighted by molar-refractivity contribution is 0.217. The van der Waals surface area contributed by atoms with Gasteiger partial charge in [-0.3, -0.25) is 4.79 Å². The van der Waals surface area contributed by atoms with Gasteiger partial charge in [0.1, 0.15) is 0 Å². The molecule has 0 aliphatic carbocycles. The predicted octanol–water partition coefficient (Wildman–Crippen LogP) is 0.657. The van der Waals surface area contributed by atoms with E-state index < -0.39 is 14.8 Å². The molecule has 0 bridgehead atoms. The standard InChI is InChI=1S/2C2H5O.C2H2O.Al/c3*1-2-3;/h2*2H2,1H3;1H2;/q2*-1;;+2. The van der Waals surface area contributed by atoms with Gasteiger partial charge >= 0.3 is 14.8 Å². The van der Waals surface area contributed by atoms with Crippen LogP contribution in [0.5, 0.6) is 0 Å². The molecule has 4 heteroatoms. The van der Waals surface area contributed by atoms with E-state index in [4.69, 9.17) is 7.58 Å². The summed E-state index contributed by atoms with van der Waals surface area (Å²) in [6.45, 7) is 5.03. The molecule has 0 fully saturated rings. The number of carbonyl (C=O) groups excluding carboxylic acids is 1. The molecule has 0 aromatic rings. The van der Waals surface area contributed by atoms with Gasteiger partial charge in [0, 0.05) is 18.5 Å². The highest BCUT2D eigenvalue weighted by Crippen LogP contribution is 1.93. The molecule has 0 rings (SSSR count). The molecule has 0 saturated heterocycles. The maximum absolute atomic E-state index is 9.91. The van der Waals surface area contributed by atoms with Crippen molar-refractivity contribution in [3.63, 3.8) is 0 Å². The Bertz CT molecular complexity index is 81.1. The first-order valence-corrected chi connectivity index (χ1v) is 5.19. The average molecular weight is 159 g/mol. The quantitative estimate of drug-likeness (QED) is 0.534. The third kappa shape index (κ3) is 4.95. The Morgan fingerprint density at radius 2 is 1.80 bits per heavy atom. The van der Waals surface area contributed by atoms with Gasteiger partial charge < -0.3 is 7.58 Å². The van der Waals surface area contributed by atoms with Crippen molar-refractivity contribution in [1.29, 1.82) is 0 Å². The van der Waals surface area contributed by atoms with Crippen LogP contribution in [-0.4, -0.2) is 34.3 Å². The Balaban J connectivity index is 3.38. The highest BCUT2D eigenvalue weighted by molar-refractivity contribution is 6.47. The average Bonchev–Trinajstić information content (AvgIpc) is 1.90. The van der Waals surface area contributed by atoms with Crippen molar-refractivity contribution >= 4 is 21.1 Å². The highest BCUT2D eigenvalue weighted by atomic mass is 27.2. The second-order valence-electron chi connectivity index (χ2n) is 1.69. The fraction of sp³-hybridized carbons (Fsp3) is 0.833. The predicted molar refractivity (Wildman–Crippen MR) is 39.5 cm³/mol. The van der Waals surface area contributed by atoms with Crippen molar-refractivity contribution in [3.8, 4) is 0 Å². The third-order valence-electron chi connectivity index (χ3n) is 0.955. The van der Waals surface area contributed by atoms with Crippen molar-refractivity contribution in [2.75, 3.05) is 13.2 Å². The summed E-state index contributed by atoms with van der Waals surface area (Å²) < 4.78 is 10.4. The van der Waals surface area contributed by atoms with Crippen LogP contribution in [0.4, 0.5) is 0 Å². The highest BCUT2D eigenvalue weighted by Gasteiger charge is 2.23. The smallest absolute Gasteiger partial charge is 0.478 e. The number of rotatable bonds is 6. The molecular formula is C6H12AlO3. The Hall–Kier alpha value is 0.122. The van der Waals surface area contributed by atoms with Gasteiger partial charge in [0.15, 0.2) is 6.29 Å². The van der Waals surface area contributed by atoms with Crippen molar-refractivity contribution in [3.05, 3.63) is 0 Å². The minimum Gasteiger partial charge on any atom is -0.478 e. The van der Waals surface area contributed by atoms with Crippen LogP contribution < -0.4 is 0 Å². The number of hydrogen-bond acceptors (Lipinski definition) is 3. The molecule has 0 aromatic carbocycles. The molecule has 10 heavy (non-hydrogen) atoms. The van der Waals surface area contributed by atoms with Gasteiger partial charge in [-0.1, -0.05) is 0 Å². The molecule has 0 heterocycles. The molecule has 0 atom stereocenters. The van der Waals surface area contributed by atoms with Crippen LogP contribution in [0.1, 0.15) is 13.8 Å². The maximum atomic E-state index is 9.91. The van der Waals surface area contributed by atoms with Crippen LogP contribution >= 0.6 is 0 Å². The van der Waals surface area contributed by atoms with Gasteiger partial charge in [0.05, 0.1) is 0 Å². The van der Waals surface area contributed by atoms with Crippen LogP contribution in [0.25, 0.3) is 0 Å². The minimum absolute atomic E-state index is 0.335. The van der Waals surface area contributed by atoms with Crippen LogP contribution in [0.3, 0.4) is 0 Å². The second-order valence-corrected chi connectivity index (χ2v) is 3.62. The summed E-state index contributed by atoms with van der Waals surface area (Å²) in [5, 5.41) is 0.335. The van der Waals surface area contributed by atoms with E-state index in [2.05, 4.69) is 0 Å². The van der Waals surface area contributed by atoms with Crippen LogP contribution in [0.15, 0.2) is 0 Å². The van der Waals surface area contributed by atoms with Gasteiger partial charge in [-0.25, -0.2) is 0 Å². The molecule has 1 radical (unpaired) electrons. The topological polar surface area (TPSA) is 35.5 Å². The van der Waals surface area contributed by atoms with E-state index in [1.165, 1.54) is 0 Å². The monoisotopic (exact) mass is 159 g/mol. The lowest BCUT2D eigenvalue weighted by Gasteiger charge is -2.06. The molecule has 0 spiro atoms. The van der Waals surface area contributed by atoms with E-state index in [0.717, 1.165) is 0 Å². The normalized spacial score (nSPS) is 9.40. The molecule has 0 aliphatic rings. The summed E-state index contributed by atoms with van der Waals surface area (Å²) in [5.41, 5.74) is 0. The first kappa shape index (κ1) is 10.1. The molecular weight excluding hydrogens is 147 g/mol. The van der Waals surface area contributed by atoms with Crippen LogP contribution in [0.2, 0.25) is 5.28 Å². The maximum Gasteiger partial charge on any atom is 0.683 e. The van der Waals surface area contributed by atoms with Gasteiger partial charge in [0.25, 0.3) is 0 Å². The summed E-state index contributed by atoms with van der Waals surface area (Å²) in [6, 6.07) is 0. The van der Waals surface area contributed by atoms with Crippen LogP contribution in [0, 0.1) is 0 Å². The second kappa shape index (κ2) is 7.23. The van der Waals surface area contributed by atoms with Crippen molar-refractivity contribution < 1.29 is 12.4 Å². The summed E-state index contributed by atoms with van der Waals surface area (Å²) in [4.78, 5) is 9.91. The van der Waals surface area contributed by atoms with Gasteiger partial charge in [-0.15, -0.1) is 0 Å². The number of hydrogen-bond donors (Lipinski definition) is 0. The summed E-state index contributed by atoms with van der Waals surface area (Å²) in [5.74, 6) is 0.